The van der Waals surface area contributed by atoms with Crippen LogP contribution in [0.2, 0.25) is 0 Å². The molecule has 4 heterocycles. The third-order valence-corrected chi connectivity index (χ3v) is 5.18. The number of benzene rings is 1. The largest absolute Gasteiger partial charge is 0.378 e. The summed E-state index contributed by atoms with van der Waals surface area (Å²) in [6, 6.07) is 7.91. The van der Waals surface area contributed by atoms with Gasteiger partial charge in [-0.25, -0.2) is 4.90 Å². The minimum atomic E-state index is -0.859. The Morgan fingerprint density at radius 3 is 2.52 bits per heavy atom. The van der Waals surface area contributed by atoms with Crippen molar-refractivity contribution in [3.8, 4) is 0 Å². The van der Waals surface area contributed by atoms with E-state index in [2.05, 4.69) is 15.3 Å². The van der Waals surface area contributed by atoms with Crippen molar-refractivity contribution in [2.24, 2.45) is 0 Å². The fourth-order valence-corrected chi connectivity index (χ4v) is 3.88. The van der Waals surface area contributed by atoms with Crippen molar-refractivity contribution < 1.29 is 14.3 Å². The molecule has 27 heavy (non-hydrogen) atoms. The van der Waals surface area contributed by atoms with Gasteiger partial charge in [-0.2, -0.15) is 4.98 Å². The fraction of sp³-hybridized carbons (Fsp3) is 0.333. The van der Waals surface area contributed by atoms with Crippen molar-refractivity contribution in [3.05, 3.63) is 46.2 Å². The van der Waals surface area contributed by atoms with Crippen LogP contribution in [0.1, 0.15) is 11.5 Å². The lowest BCUT2D eigenvalue weighted by molar-refractivity contribution is -0.121. The molecule has 2 amide bonds. The zero-order chi connectivity index (χ0) is 18.5. The van der Waals surface area contributed by atoms with Crippen LogP contribution in [0.15, 0.2) is 35.1 Å². The third-order valence-electron chi connectivity index (χ3n) is 5.18. The monoisotopic (exact) mass is 367 g/mol. The molecule has 2 atom stereocenters. The van der Waals surface area contributed by atoms with E-state index in [-0.39, 0.29) is 11.5 Å². The summed E-state index contributed by atoms with van der Waals surface area (Å²) in [6.07, 6.45) is 0. The van der Waals surface area contributed by atoms with Crippen LogP contribution in [0.4, 0.5) is 17.5 Å². The zero-order valence-electron chi connectivity index (χ0n) is 14.3. The molecule has 3 aliphatic rings. The lowest BCUT2D eigenvalue weighted by Gasteiger charge is -2.27. The van der Waals surface area contributed by atoms with Gasteiger partial charge in [0, 0.05) is 13.1 Å². The topological polar surface area (TPSA) is 108 Å². The summed E-state index contributed by atoms with van der Waals surface area (Å²) in [5.74, 6) is -0.905. The summed E-state index contributed by atoms with van der Waals surface area (Å²) in [5.41, 5.74) is 0.339. The number of hydrogen-bond acceptors (Lipinski definition) is 7. The van der Waals surface area contributed by atoms with Gasteiger partial charge in [-0.15, -0.1) is 0 Å². The Bertz CT molecular complexity index is 983. The van der Waals surface area contributed by atoms with Crippen LogP contribution in [0, 0.1) is 0 Å². The lowest BCUT2D eigenvalue weighted by Crippen LogP contribution is -2.39. The van der Waals surface area contributed by atoms with Gasteiger partial charge in [-0.1, -0.05) is 18.2 Å². The molecule has 2 unspecified atom stereocenters. The molecule has 0 spiro atoms. The van der Waals surface area contributed by atoms with Crippen molar-refractivity contribution in [2.45, 2.75) is 12.0 Å². The van der Waals surface area contributed by atoms with E-state index in [1.165, 1.54) is 0 Å². The van der Waals surface area contributed by atoms with Crippen LogP contribution in [0.3, 0.4) is 0 Å². The molecule has 0 saturated carbocycles. The number of carbonyl (C=O) groups is 2. The first kappa shape index (κ1) is 16.0. The average molecular weight is 367 g/mol. The van der Waals surface area contributed by atoms with Crippen molar-refractivity contribution in [3.63, 3.8) is 0 Å². The first-order chi connectivity index (χ1) is 13.1. The molecule has 3 aliphatic heterocycles. The Hall–Kier alpha value is -3.20. The molecule has 5 rings (SSSR count). The normalized spacial score (nSPS) is 24.0. The van der Waals surface area contributed by atoms with Gasteiger partial charge in [0.25, 0.3) is 11.5 Å². The fourth-order valence-electron chi connectivity index (χ4n) is 3.88. The van der Waals surface area contributed by atoms with Gasteiger partial charge in [0.2, 0.25) is 11.9 Å². The molecule has 138 valence electrons. The highest BCUT2D eigenvalue weighted by Gasteiger charge is 2.55. The quantitative estimate of drug-likeness (QED) is 0.723. The van der Waals surface area contributed by atoms with Crippen molar-refractivity contribution >= 4 is 29.3 Å². The maximum Gasteiger partial charge on any atom is 0.258 e. The molecule has 2 aromatic rings. The summed E-state index contributed by atoms with van der Waals surface area (Å²) < 4.78 is 5.31. The number of aromatic nitrogens is 2. The highest BCUT2D eigenvalue weighted by Crippen LogP contribution is 2.41. The van der Waals surface area contributed by atoms with Crippen LogP contribution in [-0.4, -0.2) is 54.1 Å². The number of nitrogens with one attached hydrogen (secondary N) is 2. The maximum atomic E-state index is 13.0. The van der Waals surface area contributed by atoms with E-state index < -0.39 is 23.4 Å². The van der Waals surface area contributed by atoms with Crippen molar-refractivity contribution in [1.29, 1.82) is 0 Å². The number of ether oxygens (including phenoxy) is 1. The van der Waals surface area contributed by atoms with Crippen LogP contribution in [0.5, 0.6) is 0 Å². The molecule has 2 N–H and O–H groups in total. The second-order valence-electron chi connectivity index (χ2n) is 6.70. The number of aromatic amines is 1. The number of imide groups is 1. The molecule has 9 heteroatoms. The molecule has 2 fully saturated rings. The number of para-hydroxylation sites is 1. The molecule has 0 radical (unpaired) electrons. The lowest BCUT2D eigenvalue weighted by atomic mass is 9.99. The number of nitrogens with zero attached hydrogens (tertiary/aromatic N) is 3. The molecular weight excluding hydrogens is 350 g/mol. The number of H-pyrrole nitrogens is 1. The van der Waals surface area contributed by atoms with Crippen LogP contribution < -0.4 is 20.7 Å². The van der Waals surface area contributed by atoms with Crippen LogP contribution >= 0.6 is 0 Å². The molecule has 1 aromatic heterocycles. The molecule has 2 saturated heterocycles. The van der Waals surface area contributed by atoms with E-state index in [4.69, 9.17) is 4.74 Å². The first-order valence-electron chi connectivity index (χ1n) is 8.81. The maximum absolute atomic E-state index is 13.0. The van der Waals surface area contributed by atoms with Gasteiger partial charge in [0.1, 0.15) is 17.8 Å². The highest BCUT2D eigenvalue weighted by molar-refractivity contribution is 6.27. The molecule has 1 aromatic carbocycles. The van der Waals surface area contributed by atoms with Gasteiger partial charge in [0.15, 0.2) is 0 Å². The Labute approximate surface area is 153 Å². The van der Waals surface area contributed by atoms with E-state index in [9.17, 15) is 14.4 Å². The summed E-state index contributed by atoms with van der Waals surface area (Å²) in [5, 5.41) is 3.00. The smallest absolute Gasteiger partial charge is 0.258 e. The van der Waals surface area contributed by atoms with E-state index in [1.54, 1.807) is 24.3 Å². The minimum absolute atomic E-state index is 0.230. The third kappa shape index (κ3) is 2.35. The van der Waals surface area contributed by atoms with Crippen LogP contribution in [-0.2, 0) is 14.3 Å². The zero-order valence-corrected chi connectivity index (χ0v) is 14.3. The van der Waals surface area contributed by atoms with E-state index in [0.29, 0.717) is 43.8 Å². The number of anilines is 3. The summed E-state index contributed by atoms with van der Waals surface area (Å²) in [6.45, 7) is 2.35. The number of morpholine rings is 1. The second kappa shape index (κ2) is 5.92. The average Bonchev–Trinajstić information content (AvgIpc) is 3.19. The van der Waals surface area contributed by atoms with Gasteiger partial charge in [-0.05, 0) is 12.1 Å². The first-order valence-corrected chi connectivity index (χ1v) is 8.81. The molecule has 0 aliphatic carbocycles. The second-order valence-corrected chi connectivity index (χ2v) is 6.70. The van der Waals surface area contributed by atoms with Crippen molar-refractivity contribution in [1.82, 2.24) is 9.97 Å². The number of carbonyl (C=O) groups excluding carboxylic acids is 2. The van der Waals surface area contributed by atoms with E-state index in [0.717, 1.165) is 4.90 Å². The number of fused-ring (bicyclic) bond motifs is 3. The minimum Gasteiger partial charge on any atom is -0.378 e. The molecule has 0 bridgehead atoms. The number of amides is 2. The number of rotatable bonds is 2. The van der Waals surface area contributed by atoms with E-state index >= 15 is 0 Å². The summed E-state index contributed by atoms with van der Waals surface area (Å²) in [7, 11) is 0. The molecule has 9 nitrogen and oxygen atoms in total. The van der Waals surface area contributed by atoms with Gasteiger partial charge < -0.3 is 15.0 Å². The summed E-state index contributed by atoms with van der Waals surface area (Å²) >= 11 is 0. The van der Waals surface area contributed by atoms with E-state index in [1.807, 2.05) is 11.0 Å². The SMILES string of the molecule is O=C1C2Nc3nc(N4CCOCC4)[nH]c(=O)c3C2C(=O)N1c1ccccc1. The predicted molar refractivity (Wildman–Crippen MR) is 97.0 cm³/mol. The highest BCUT2D eigenvalue weighted by atomic mass is 16.5. The van der Waals surface area contributed by atoms with Gasteiger partial charge in [0.05, 0.1) is 24.5 Å². The van der Waals surface area contributed by atoms with Gasteiger partial charge in [-0.3, -0.25) is 19.4 Å². The summed E-state index contributed by atoms with van der Waals surface area (Å²) in [4.78, 5) is 48.8. The molecular formula is C18H17N5O4. The Morgan fingerprint density at radius 1 is 1.04 bits per heavy atom. The Kier molecular flexibility index (Phi) is 3.51. The standard InChI is InChI=1S/C18H17N5O4/c24-15-12-11-13(17(26)23(16(11)25)10-4-2-1-3-5-10)19-14(12)20-18(21-15)22-6-8-27-9-7-22/h1-5,11,13H,6-9H2,(H2,19,20,21,24). The van der Waals surface area contributed by atoms with Crippen molar-refractivity contribution in [2.75, 3.05) is 41.4 Å². The Balaban J connectivity index is 1.52. The number of hydrogen-bond donors (Lipinski definition) is 2. The Morgan fingerprint density at radius 2 is 1.78 bits per heavy atom. The van der Waals surface area contributed by atoms with Gasteiger partial charge >= 0.3 is 0 Å². The van der Waals surface area contributed by atoms with Crippen LogP contribution in [0.25, 0.3) is 0 Å². The predicted octanol–water partition coefficient (Wildman–Crippen LogP) is 0.0576.